The minimum absolute atomic E-state index is 0.0908. The molecule has 246 valence electrons. The van der Waals surface area contributed by atoms with Crippen LogP contribution in [0.2, 0.25) is 0 Å². The van der Waals surface area contributed by atoms with Crippen LogP contribution in [0, 0.1) is 0 Å². The molecule has 1 unspecified atom stereocenters. The SMILES string of the molecule is C1=CCCC(c2nc(-c3cccc(-c4ccccc4)c3)nc(-c3cccc(-c4ccc(C5[N-]C6=C(CCC=C6)N5c5ccccc5)cc4)c3)n2)=C1. The third-order valence-electron chi connectivity index (χ3n) is 9.78. The molecule has 1 atom stereocenters. The molecule has 5 nitrogen and oxygen atoms in total. The Morgan fingerprint density at radius 3 is 1.78 bits per heavy atom. The summed E-state index contributed by atoms with van der Waals surface area (Å²) in [5.74, 6) is 2.07. The summed E-state index contributed by atoms with van der Waals surface area (Å²) in [7, 11) is 0. The molecule has 0 saturated heterocycles. The van der Waals surface area contributed by atoms with E-state index < -0.39 is 0 Å². The molecule has 0 spiro atoms. The van der Waals surface area contributed by atoms with Crippen LogP contribution in [0.15, 0.2) is 175 Å². The van der Waals surface area contributed by atoms with E-state index >= 15 is 0 Å². The quantitative estimate of drug-likeness (QED) is 0.171. The van der Waals surface area contributed by atoms with Gasteiger partial charge in [-0.2, -0.15) is 0 Å². The minimum atomic E-state index is -0.0908. The third kappa shape index (κ3) is 6.19. The van der Waals surface area contributed by atoms with Gasteiger partial charge in [0.25, 0.3) is 0 Å². The Balaban J connectivity index is 1.05. The van der Waals surface area contributed by atoms with E-state index in [0.29, 0.717) is 11.6 Å². The van der Waals surface area contributed by atoms with Crippen molar-refractivity contribution in [3.8, 4) is 45.0 Å². The van der Waals surface area contributed by atoms with Gasteiger partial charge in [-0.1, -0.05) is 140 Å². The monoisotopic (exact) mass is 658 g/mol. The van der Waals surface area contributed by atoms with E-state index in [4.69, 9.17) is 20.3 Å². The van der Waals surface area contributed by atoms with Gasteiger partial charge >= 0.3 is 0 Å². The van der Waals surface area contributed by atoms with Crippen LogP contribution in [0.25, 0.3) is 55.9 Å². The number of anilines is 1. The lowest BCUT2D eigenvalue weighted by molar-refractivity contribution is 0.787. The molecule has 1 aliphatic heterocycles. The van der Waals surface area contributed by atoms with Gasteiger partial charge < -0.3 is 10.2 Å². The van der Waals surface area contributed by atoms with Gasteiger partial charge in [0.2, 0.25) is 0 Å². The fourth-order valence-electron chi connectivity index (χ4n) is 7.17. The topological polar surface area (TPSA) is 56.0 Å². The number of hydrogen-bond donors (Lipinski definition) is 0. The van der Waals surface area contributed by atoms with Crippen LogP contribution in [-0.2, 0) is 0 Å². The summed E-state index contributed by atoms with van der Waals surface area (Å²) in [5.41, 5.74) is 12.3. The van der Waals surface area contributed by atoms with Gasteiger partial charge in [-0.3, -0.25) is 0 Å². The molecule has 1 aromatic heterocycles. The molecule has 0 bridgehead atoms. The first kappa shape index (κ1) is 30.7. The third-order valence-corrected chi connectivity index (χ3v) is 9.78. The number of rotatable bonds is 7. The van der Waals surface area contributed by atoms with E-state index in [1.165, 1.54) is 16.9 Å². The molecule has 2 heterocycles. The zero-order valence-electron chi connectivity index (χ0n) is 28.2. The van der Waals surface area contributed by atoms with Gasteiger partial charge in [0.05, 0.1) is 0 Å². The largest absolute Gasteiger partial charge is 0.660 e. The second-order valence-electron chi connectivity index (χ2n) is 13.1. The van der Waals surface area contributed by atoms with Crippen LogP contribution in [-0.4, -0.2) is 15.0 Å². The Hall–Kier alpha value is -6.33. The summed E-state index contributed by atoms with van der Waals surface area (Å²) in [4.78, 5) is 17.6. The number of allylic oxidation sites excluding steroid dienone is 7. The second-order valence-corrected chi connectivity index (χ2v) is 13.1. The van der Waals surface area contributed by atoms with Gasteiger partial charge in [0.1, 0.15) is 0 Å². The lowest BCUT2D eigenvalue weighted by atomic mass is 10.00. The summed E-state index contributed by atoms with van der Waals surface area (Å²) in [6.45, 7) is 0. The standard InChI is InChI=1S/C46H36N5/c1-4-14-32(15-5-1)36-18-12-20-38(30-36)44-48-43(34-16-6-2-7-17-34)49-45(50-44)39-21-13-19-37(31-39)33-26-28-35(29-27-33)46-47-41-24-10-11-25-42(41)51(46)40-22-8-3-9-23-40/h1-6,8-10,12-16,18-24,26-31,46H,7,11,17,25H2/q-1. The summed E-state index contributed by atoms with van der Waals surface area (Å²) in [6.07, 6.45) is 14.6. The van der Waals surface area contributed by atoms with E-state index in [9.17, 15) is 0 Å². The first-order chi connectivity index (χ1) is 25.3. The van der Waals surface area contributed by atoms with Gasteiger partial charge in [-0.25, -0.2) is 15.0 Å². The van der Waals surface area contributed by atoms with Crippen molar-refractivity contribution in [2.24, 2.45) is 0 Å². The molecule has 2 aliphatic carbocycles. The molecule has 6 aromatic rings. The molecular formula is C46H36N5-. The maximum Gasteiger partial charge on any atom is 0.164 e. The molecular weight excluding hydrogens is 623 g/mol. The van der Waals surface area contributed by atoms with E-state index in [2.05, 4.69) is 163 Å². The number of hydrogen-bond acceptors (Lipinski definition) is 4. The first-order valence-corrected chi connectivity index (χ1v) is 17.7. The fourth-order valence-corrected chi connectivity index (χ4v) is 7.17. The van der Waals surface area contributed by atoms with E-state index in [1.807, 2.05) is 6.07 Å². The molecule has 0 amide bonds. The van der Waals surface area contributed by atoms with Crippen molar-refractivity contribution in [3.63, 3.8) is 0 Å². The zero-order chi connectivity index (χ0) is 34.0. The number of nitrogens with zero attached hydrogens (tertiary/aromatic N) is 5. The van der Waals surface area contributed by atoms with E-state index in [1.54, 1.807) is 0 Å². The van der Waals surface area contributed by atoms with Crippen LogP contribution >= 0.6 is 0 Å². The maximum absolute atomic E-state index is 5.18. The number of para-hydroxylation sites is 1. The number of aromatic nitrogens is 3. The molecule has 5 aromatic carbocycles. The van der Waals surface area contributed by atoms with Crippen LogP contribution in [0.1, 0.15) is 43.2 Å². The highest BCUT2D eigenvalue weighted by molar-refractivity contribution is 5.75. The lowest BCUT2D eigenvalue weighted by Gasteiger charge is -2.37. The summed E-state index contributed by atoms with van der Waals surface area (Å²) >= 11 is 0. The van der Waals surface area contributed by atoms with Crippen molar-refractivity contribution < 1.29 is 0 Å². The highest BCUT2D eigenvalue weighted by atomic mass is 15.3. The summed E-state index contributed by atoms with van der Waals surface area (Å²) < 4.78 is 0. The highest BCUT2D eigenvalue weighted by Crippen LogP contribution is 2.47. The fraction of sp³-hybridized carbons (Fsp3) is 0.109. The zero-order valence-corrected chi connectivity index (χ0v) is 28.2. The Morgan fingerprint density at radius 2 is 1.12 bits per heavy atom. The van der Waals surface area contributed by atoms with Gasteiger partial charge in [0.15, 0.2) is 17.5 Å². The predicted octanol–water partition coefficient (Wildman–Crippen LogP) is 11.7. The van der Waals surface area contributed by atoms with Gasteiger partial charge in [-0.05, 0) is 89.5 Å². The van der Waals surface area contributed by atoms with E-state index in [-0.39, 0.29) is 6.17 Å². The van der Waals surface area contributed by atoms with Crippen LogP contribution in [0.3, 0.4) is 0 Å². The average molecular weight is 659 g/mol. The minimum Gasteiger partial charge on any atom is -0.660 e. The van der Waals surface area contributed by atoms with Gasteiger partial charge in [0, 0.05) is 22.5 Å². The molecule has 0 saturated carbocycles. The van der Waals surface area contributed by atoms with Crippen molar-refractivity contribution in [3.05, 3.63) is 192 Å². The Bertz CT molecular complexity index is 2340. The predicted molar refractivity (Wildman–Crippen MR) is 208 cm³/mol. The van der Waals surface area contributed by atoms with Crippen molar-refractivity contribution in [2.75, 3.05) is 4.90 Å². The Labute approximate surface area is 299 Å². The van der Waals surface area contributed by atoms with E-state index in [0.717, 1.165) is 76.2 Å². The average Bonchev–Trinajstić information content (AvgIpc) is 3.62. The lowest BCUT2D eigenvalue weighted by Crippen LogP contribution is -2.23. The molecule has 0 fully saturated rings. The smallest absolute Gasteiger partial charge is 0.164 e. The maximum atomic E-state index is 5.18. The van der Waals surface area contributed by atoms with Crippen LogP contribution < -0.4 is 4.90 Å². The molecule has 51 heavy (non-hydrogen) atoms. The van der Waals surface area contributed by atoms with Crippen molar-refractivity contribution in [2.45, 2.75) is 31.8 Å². The van der Waals surface area contributed by atoms with Crippen molar-refractivity contribution in [1.82, 2.24) is 15.0 Å². The molecule has 9 rings (SSSR count). The Kier molecular flexibility index (Phi) is 8.14. The van der Waals surface area contributed by atoms with Crippen LogP contribution in [0.5, 0.6) is 0 Å². The van der Waals surface area contributed by atoms with Crippen LogP contribution in [0.4, 0.5) is 5.69 Å². The molecule has 5 heteroatoms. The molecule has 3 aliphatic rings. The normalized spacial score (nSPS) is 16.5. The van der Waals surface area contributed by atoms with Crippen molar-refractivity contribution in [1.29, 1.82) is 0 Å². The first-order valence-electron chi connectivity index (χ1n) is 17.7. The molecule has 0 radical (unpaired) electrons. The van der Waals surface area contributed by atoms with Gasteiger partial charge in [-0.15, -0.1) is 5.70 Å². The highest BCUT2D eigenvalue weighted by Gasteiger charge is 2.25. The number of benzene rings is 5. The van der Waals surface area contributed by atoms with Crippen molar-refractivity contribution >= 4 is 11.3 Å². The second kappa shape index (κ2) is 13.5. The Morgan fingerprint density at radius 1 is 0.529 bits per heavy atom. The summed E-state index contributed by atoms with van der Waals surface area (Å²) in [5, 5.41) is 5.18. The summed E-state index contributed by atoms with van der Waals surface area (Å²) in [6, 6.07) is 46.9. The molecule has 0 N–H and O–H groups in total.